The summed E-state index contributed by atoms with van der Waals surface area (Å²) in [5.74, 6) is 0.244. The van der Waals surface area contributed by atoms with E-state index < -0.39 is 0 Å². The first-order valence-corrected chi connectivity index (χ1v) is 5.94. The summed E-state index contributed by atoms with van der Waals surface area (Å²) in [6.07, 6.45) is 1.03. The molecule has 0 amide bonds. The zero-order valence-electron chi connectivity index (χ0n) is 8.79. The zero-order chi connectivity index (χ0) is 10.8. The SMILES string of the molecule is CC(=O)CN1CCc2c(Br)cccc2C1. The lowest BCUT2D eigenvalue weighted by atomic mass is 10.00. The third-order valence-corrected chi connectivity index (χ3v) is 3.48. The molecular formula is C12H14BrNO. The third-order valence-electron chi connectivity index (χ3n) is 2.73. The average molecular weight is 268 g/mol. The Labute approximate surface area is 98.4 Å². The highest BCUT2D eigenvalue weighted by Gasteiger charge is 2.18. The maximum Gasteiger partial charge on any atom is 0.143 e. The smallest absolute Gasteiger partial charge is 0.143 e. The zero-order valence-corrected chi connectivity index (χ0v) is 10.4. The monoisotopic (exact) mass is 267 g/mol. The molecule has 15 heavy (non-hydrogen) atoms. The molecule has 0 unspecified atom stereocenters. The molecule has 1 aromatic carbocycles. The molecular weight excluding hydrogens is 254 g/mol. The molecule has 0 fully saturated rings. The number of ketones is 1. The predicted octanol–water partition coefficient (Wildman–Crippen LogP) is 2.40. The second-order valence-electron chi connectivity index (χ2n) is 4.04. The topological polar surface area (TPSA) is 20.3 Å². The molecule has 0 saturated heterocycles. The van der Waals surface area contributed by atoms with Gasteiger partial charge in [-0.05, 0) is 30.5 Å². The lowest BCUT2D eigenvalue weighted by Crippen LogP contribution is -2.34. The van der Waals surface area contributed by atoms with Gasteiger partial charge in [0.2, 0.25) is 0 Å². The summed E-state index contributed by atoms with van der Waals surface area (Å²) in [6.45, 7) is 4.10. The molecule has 3 heteroatoms. The first kappa shape index (κ1) is 10.8. The van der Waals surface area contributed by atoms with Crippen LogP contribution in [-0.4, -0.2) is 23.8 Å². The lowest BCUT2D eigenvalue weighted by molar-refractivity contribution is -0.118. The molecule has 1 heterocycles. The molecule has 0 atom stereocenters. The van der Waals surface area contributed by atoms with Crippen molar-refractivity contribution < 1.29 is 4.79 Å². The molecule has 1 aromatic rings. The highest BCUT2D eigenvalue weighted by molar-refractivity contribution is 9.10. The van der Waals surface area contributed by atoms with Gasteiger partial charge in [0.1, 0.15) is 5.78 Å². The van der Waals surface area contributed by atoms with E-state index in [9.17, 15) is 4.79 Å². The van der Waals surface area contributed by atoms with Crippen LogP contribution in [0.1, 0.15) is 18.1 Å². The number of Topliss-reactive ketones (excluding diaryl/α,β-unsaturated/α-hetero) is 1. The molecule has 0 N–H and O–H groups in total. The summed E-state index contributed by atoms with van der Waals surface area (Å²) in [7, 11) is 0. The maximum absolute atomic E-state index is 11.0. The quantitative estimate of drug-likeness (QED) is 0.820. The van der Waals surface area contributed by atoms with E-state index in [2.05, 4.69) is 39.0 Å². The standard InChI is InChI=1S/C12H14BrNO/c1-9(15)7-14-6-5-11-10(8-14)3-2-4-12(11)13/h2-4H,5-8H2,1H3. The van der Waals surface area contributed by atoms with Crippen LogP contribution in [0.4, 0.5) is 0 Å². The van der Waals surface area contributed by atoms with E-state index in [4.69, 9.17) is 0 Å². The van der Waals surface area contributed by atoms with Gasteiger partial charge in [0.05, 0.1) is 6.54 Å². The number of benzene rings is 1. The van der Waals surface area contributed by atoms with Crippen molar-refractivity contribution in [1.82, 2.24) is 4.90 Å². The van der Waals surface area contributed by atoms with Crippen LogP contribution in [-0.2, 0) is 17.8 Å². The van der Waals surface area contributed by atoms with Gasteiger partial charge in [0, 0.05) is 17.6 Å². The fourth-order valence-corrected chi connectivity index (χ4v) is 2.68. The van der Waals surface area contributed by atoms with Crippen LogP contribution >= 0.6 is 15.9 Å². The first-order chi connectivity index (χ1) is 7.16. The summed E-state index contributed by atoms with van der Waals surface area (Å²) in [6, 6.07) is 6.28. The second-order valence-corrected chi connectivity index (χ2v) is 4.89. The number of fused-ring (bicyclic) bond motifs is 1. The fourth-order valence-electron chi connectivity index (χ4n) is 2.07. The number of carbonyl (C=O) groups is 1. The fraction of sp³-hybridized carbons (Fsp3) is 0.417. The van der Waals surface area contributed by atoms with E-state index in [1.165, 1.54) is 15.6 Å². The van der Waals surface area contributed by atoms with E-state index in [0.717, 1.165) is 19.5 Å². The normalized spacial score (nSPS) is 16.1. The summed E-state index contributed by atoms with van der Waals surface area (Å²) in [5, 5.41) is 0. The predicted molar refractivity (Wildman–Crippen MR) is 63.8 cm³/mol. The van der Waals surface area contributed by atoms with Crippen molar-refractivity contribution >= 4 is 21.7 Å². The Kier molecular flexibility index (Phi) is 3.22. The molecule has 0 aromatic heterocycles. The van der Waals surface area contributed by atoms with Gasteiger partial charge in [-0.1, -0.05) is 28.1 Å². The maximum atomic E-state index is 11.0. The van der Waals surface area contributed by atoms with Crippen LogP contribution in [0.2, 0.25) is 0 Å². The van der Waals surface area contributed by atoms with Gasteiger partial charge in [-0.15, -0.1) is 0 Å². The number of carbonyl (C=O) groups excluding carboxylic acids is 1. The molecule has 1 aliphatic rings. The minimum atomic E-state index is 0.244. The lowest BCUT2D eigenvalue weighted by Gasteiger charge is -2.28. The van der Waals surface area contributed by atoms with Crippen LogP contribution in [0.25, 0.3) is 0 Å². The number of hydrogen-bond donors (Lipinski definition) is 0. The summed E-state index contributed by atoms with van der Waals surface area (Å²) < 4.78 is 1.20. The van der Waals surface area contributed by atoms with Crippen LogP contribution in [0.5, 0.6) is 0 Å². The van der Waals surface area contributed by atoms with Crippen molar-refractivity contribution in [3.05, 3.63) is 33.8 Å². The Morgan fingerprint density at radius 3 is 3.07 bits per heavy atom. The van der Waals surface area contributed by atoms with Crippen LogP contribution < -0.4 is 0 Å². The molecule has 2 nitrogen and oxygen atoms in total. The molecule has 1 aliphatic heterocycles. The van der Waals surface area contributed by atoms with Crippen molar-refractivity contribution in [1.29, 1.82) is 0 Å². The first-order valence-electron chi connectivity index (χ1n) is 5.15. The minimum absolute atomic E-state index is 0.244. The van der Waals surface area contributed by atoms with Crippen molar-refractivity contribution in [3.63, 3.8) is 0 Å². The third kappa shape index (κ3) is 2.47. The summed E-state index contributed by atoms with van der Waals surface area (Å²) in [5.41, 5.74) is 2.74. The van der Waals surface area contributed by atoms with E-state index in [1.807, 2.05) is 0 Å². The van der Waals surface area contributed by atoms with Crippen molar-refractivity contribution in [2.24, 2.45) is 0 Å². The largest absolute Gasteiger partial charge is 0.299 e. The number of nitrogens with zero attached hydrogens (tertiary/aromatic N) is 1. The Morgan fingerprint density at radius 2 is 2.33 bits per heavy atom. The molecule has 0 aliphatic carbocycles. The van der Waals surface area contributed by atoms with Crippen molar-refractivity contribution in [3.8, 4) is 0 Å². The molecule has 80 valence electrons. The van der Waals surface area contributed by atoms with E-state index in [1.54, 1.807) is 6.92 Å². The Bertz CT molecular complexity index is 389. The van der Waals surface area contributed by atoms with E-state index >= 15 is 0 Å². The Morgan fingerprint density at radius 1 is 1.53 bits per heavy atom. The highest BCUT2D eigenvalue weighted by Crippen LogP contribution is 2.25. The van der Waals surface area contributed by atoms with Gasteiger partial charge in [0.15, 0.2) is 0 Å². The number of hydrogen-bond acceptors (Lipinski definition) is 2. The van der Waals surface area contributed by atoms with Gasteiger partial charge in [-0.25, -0.2) is 0 Å². The molecule has 2 rings (SSSR count). The summed E-state index contributed by atoms with van der Waals surface area (Å²) in [4.78, 5) is 13.2. The number of halogens is 1. The molecule has 0 spiro atoms. The van der Waals surface area contributed by atoms with Crippen LogP contribution in [0, 0.1) is 0 Å². The van der Waals surface area contributed by atoms with Gasteiger partial charge in [-0.3, -0.25) is 9.69 Å². The average Bonchev–Trinajstić information content (AvgIpc) is 2.17. The van der Waals surface area contributed by atoms with Gasteiger partial charge < -0.3 is 0 Å². The van der Waals surface area contributed by atoms with E-state index in [-0.39, 0.29) is 5.78 Å². The van der Waals surface area contributed by atoms with Gasteiger partial charge >= 0.3 is 0 Å². The summed E-state index contributed by atoms with van der Waals surface area (Å²) >= 11 is 3.57. The number of rotatable bonds is 2. The van der Waals surface area contributed by atoms with Crippen molar-refractivity contribution in [2.75, 3.05) is 13.1 Å². The molecule has 0 bridgehead atoms. The van der Waals surface area contributed by atoms with E-state index in [0.29, 0.717) is 6.54 Å². The van der Waals surface area contributed by atoms with Crippen LogP contribution in [0.15, 0.2) is 22.7 Å². The second kappa shape index (κ2) is 4.45. The van der Waals surface area contributed by atoms with Crippen molar-refractivity contribution in [2.45, 2.75) is 19.9 Å². The molecule has 0 saturated carbocycles. The van der Waals surface area contributed by atoms with Gasteiger partial charge in [-0.2, -0.15) is 0 Å². The molecule has 0 radical (unpaired) electrons. The Balaban J connectivity index is 2.17. The Hall–Kier alpha value is -0.670. The minimum Gasteiger partial charge on any atom is -0.299 e. The highest BCUT2D eigenvalue weighted by atomic mass is 79.9. The van der Waals surface area contributed by atoms with Gasteiger partial charge in [0.25, 0.3) is 0 Å². The van der Waals surface area contributed by atoms with Crippen LogP contribution in [0.3, 0.4) is 0 Å².